The number of benzene rings is 2. The largest absolute Gasteiger partial charge is 0.324 e. The minimum Gasteiger partial charge on any atom is -0.312 e. The molecule has 31 heavy (non-hydrogen) atoms. The van der Waals surface area contributed by atoms with Gasteiger partial charge in [-0.05, 0) is 61.2 Å². The number of urea groups is 1. The Balaban J connectivity index is 1.61. The van der Waals surface area contributed by atoms with Gasteiger partial charge in [0.05, 0.1) is 17.1 Å². The van der Waals surface area contributed by atoms with Crippen molar-refractivity contribution in [2.45, 2.75) is 39.2 Å². The Hall–Kier alpha value is -3.26. The van der Waals surface area contributed by atoms with Crippen LogP contribution in [0.1, 0.15) is 36.6 Å². The van der Waals surface area contributed by atoms with Gasteiger partial charge in [0.2, 0.25) is 0 Å². The molecule has 1 aliphatic heterocycles. The van der Waals surface area contributed by atoms with Crippen LogP contribution >= 0.6 is 0 Å². The predicted octanol–water partition coefficient (Wildman–Crippen LogP) is 4.78. The topological polar surface area (TPSA) is 71.0 Å². The Bertz CT molecular complexity index is 1100. The number of carbonyl (C=O) groups excluding carboxylic acids is 1. The van der Waals surface area contributed by atoms with E-state index in [0.29, 0.717) is 5.82 Å². The number of nitrogens with one attached hydrogen (secondary N) is 3. The van der Waals surface area contributed by atoms with E-state index in [0.717, 1.165) is 56.2 Å². The Morgan fingerprint density at radius 1 is 1.16 bits per heavy atom. The summed E-state index contributed by atoms with van der Waals surface area (Å²) in [6.45, 7) is 3.86. The number of aryl methyl sites for hydroxylation is 1. The standard InChI is InChI=1S/C23H25F2N5O/c1-2-3-5-17-13-21(28-23(31)27-20-7-4-6-19(24)22(20)25)30(29-17)18-9-8-16-14-26-11-10-15(16)12-18/h4,6-9,12-13,26H,2-3,5,10-11,14H2,1H3,(H2,27,28,31). The molecular weight excluding hydrogens is 400 g/mol. The van der Waals surface area contributed by atoms with E-state index in [9.17, 15) is 13.6 Å². The van der Waals surface area contributed by atoms with E-state index in [4.69, 9.17) is 0 Å². The highest BCUT2D eigenvalue weighted by molar-refractivity contribution is 5.99. The number of aromatic nitrogens is 2. The molecule has 3 aromatic rings. The summed E-state index contributed by atoms with van der Waals surface area (Å²) in [6, 6.07) is 10.9. The normalized spacial score (nSPS) is 13.0. The molecule has 0 bridgehead atoms. The third kappa shape index (κ3) is 4.74. The number of halogens is 2. The second-order valence-corrected chi connectivity index (χ2v) is 7.60. The Morgan fingerprint density at radius 3 is 2.87 bits per heavy atom. The molecule has 1 aliphatic rings. The van der Waals surface area contributed by atoms with Crippen LogP contribution in [-0.2, 0) is 19.4 Å². The number of nitrogens with zero attached hydrogens (tertiary/aromatic N) is 2. The number of fused-ring (bicyclic) bond motifs is 1. The van der Waals surface area contributed by atoms with Gasteiger partial charge in [-0.25, -0.2) is 18.3 Å². The molecule has 162 valence electrons. The summed E-state index contributed by atoms with van der Waals surface area (Å²) < 4.78 is 29.0. The number of anilines is 2. The zero-order valence-electron chi connectivity index (χ0n) is 17.3. The zero-order valence-corrected chi connectivity index (χ0v) is 17.3. The lowest BCUT2D eigenvalue weighted by atomic mass is 10.0. The number of hydrogen-bond donors (Lipinski definition) is 3. The van der Waals surface area contributed by atoms with Crippen LogP contribution in [0, 0.1) is 11.6 Å². The molecule has 0 spiro atoms. The van der Waals surface area contributed by atoms with E-state index in [1.165, 1.54) is 23.3 Å². The van der Waals surface area contributed by atoms with Crippen LogP contribution in [0.15, 0.2) is 42.5 Å². The molecule has 0 radical (unpaired) electrons. The molecule has 6 nitrogen and oxygen atoms in total. The smallest absolute Gasteiger partial charge is 0.312 e. The first kappa shape index (κ1) is 21.0. The summed E-state index contributed by atoms with van der Waals surface area (Å²) >= 11 is 0. The van der Waals surface area contributed by atoms with Crippen LogP contribution in [0.4, 0.5) is 25.1 Å². The second kappa shape index (κ2) is 9.26. The molecule has 0 atom stereocenters. The van der Waals surface area contributed by atoms with Gasteiger partial charge in [0, 0.05) is 12.6 Å². The molecule has 3 N–H and O–H groups in total. The number of hydrogen-bond acceptors (Lipinski definition) is 3. The fourth-order valence-electron chi connectivity index (χ4n) is 3.66. The molecule has 1 aromatic heterocycles. The van der Waals surface area contributed by atoms with Crippen molar-refractivity contribution in [3.8, 4) is 5.69 Å². The number of unbranched alkanes of at least 4 members (excludes halogenated alkanes) is 1. The molecule has 0 aliphatic carbocycles. The van der Waals surface area contributed by atoms with Crippen molar-refractivity contribution in [2.24, 2.45) is 0 Å². The van der Waals surface area contributed by atoms with Crippen molar-refractivity contribution in [2.75, 3.05) is 17.2 Å². The Labute approximate surface area is 179 Å². The molecular formula is C23H25F2N5O. The first-order chi connectivity index (χ1) is 15.0. The third-order valence-electron chi connectivity index (χ3n) is 5.31. The predicted molar refractivity (Wildman–Crippen MR) is 117 cm³/mol. The van der Waals surface area contributed by atoms with E-state index < -0.39 is 17.7 Å². The minimum absolute atomic E-state index is 0.226. The quantitative estimate of drug-likeness (QED) is 0.532. The fourth-order valence-corrected chi connectivity index (χ4v) is 3.66. The lowest BCUT2D eigenvalue weighted by molar-refractivity contribution is 0.262. The summed E-state index contributed by atoms with van der Waals surface area (Å²) in [5.41, 5.74) is 3.97. The highest BCUT2D eigenvalue weighted by Crippen LogP contribution is 2.24. The van der Waals surface area contributed by atoms with E-state index in [1.807, 2.05) is 12.1 Å². The summed E-state index contributed by atoms with van der Waals surface area (Å²) in [7, 11) is 0. The molecule has 4 rings (SSSR count). The minimum atomic E-state index is -1.10. The van der Waals surface area contributed by atoms with Gasteiger partial charge in [-0.2, -0.15) is 5.10 Å². The van der Waals surface area contributed by atoms with Gasteiger partial charge in [-0.1, -0.05) is 25.5 Å². The van der Waals surface area contributed by atoms with Crippen LogP contribution in [0.3, 0.4) is 0 Å². The maximum absolute atomic E-state index is 13.9. The SMILES string of the molecule is CCCCc1cc(NC(=O)Nc2cccc(F)c2F)n(-c2ccc3c(c2)CCNC3)n1. The average molecular weight is 425 g/mol. The highest BCUT2D eigenvalue weighted by Gasteiger charge is 2.17. The molecule has 0 saturated heterocycles. The van der Waals surface area contributed by atoms with Crippen LogP contribution in [-0.4, -0.2) is 22.4 Å². The average Bonchev–Trinajstić information content (AvgIpc) is 3.17. The van der Waals surface area contributed by atoms with Gasteiger partial charge in [0.1, 0.15) is 5.82 Å². The van der Waals surface area contributed by atoms with Crippen LogP contribution < -0.4 is 16.0 Å². The van der Waals surface area contributed by atoms with Crippen molar-refractivity contribution in [3.05, 3.63) is 70.9 Å². The number of amides is 2. The van der Waals surface area contributed by atoms with Crippen LogP contribution in [0.5, 0.6) is 0 Å². The maximum Gasteiger partial charge on any atom is 0.324 e. The summed E-state index contributed by atoms with van der Waals surface area (Å²) in [5.74, 6) is -1.65. The highest BCUT2D eigenvalue weighted by atomic mass is 19.2. The van der Waals surface area contributed by atoms with E-state index >= 15 is 0 Å². The number of carbonyl (C=O) groups is 1. The maximum atomic E-state index is 13.9. The van der Waals surface area contributed by atoms with Crippen LogP contribution in [0.25, 0.3) is 5.69 Å². The lowest BCUT2D eigenvalue weighted by Crippen LogP contribution is -2.24. The number of rotatable bonds is 6. The third-order valence-corrected chi connectivity index (χ3v) is 5.31. The van der Waals surface area contributed by atoms with E-state index in [2.05, 4.69) is 40.1 Å². The summed E-state index contributed by atoms with van der Waals surface area (Å²) in [6.07, 6.45) is 3.72. The van der Waals surface area contributed by atoms with E-state index in [-0.39, 0.29) is 5.69 Å². The summed E-state index contributed by atoms with van der Waals surface area (Å²) in [5, 5.41) is 13.1. The first-order valence-electron chi connectivity index (χ1n) is 10.5. The molecule has 2 heterocycles. The molecule has 2 aromatic carbocycles. The van der Waals surface area contributed by atoms with Crippen molar-refractivity contribution in [3.63, 3.8) is 0 Å². The van der Waals surface area contributed by atoms with Gasteiger partial charge < -0.3 is 10.6 Å². The first-order valence-corrected chi connectivity index (χ1v) is 10.5. The Morgan fingerprint density at radius 2 is 2.03 bits per heavy atom. The van der Waals surface area contributed by atoms with Gasteiger partial charge in [-0.15, -0.1) is 0 Å². The molecule has 0 fully saturated rings. The van der Waals surface area contributed by atoms with Gasteiger partial charge >= 0.3 is 6.03 Å². The van der Waals surface area contributed by atoms with Crippen molar-refractivity contribution < 1.29 is 13.6 Å². The molecule has 8 heteroatoms. The van der Waals surface area contributed by atoms with Gasteiger partial charge in [-0.3, -0.25) is 5.32 Å². The van der Waals surface area contributed by atoms with Crippen molar-refractivity contribution >= 4 is 17.5 Å². The van der Waals surface area contributed by atoms with Crippen LogP contribution in [0.2, 0.25) is 0 Å². The molecule has 0 unspecified atom stereocenters. The second-order valence-electron chi connectivity index (χ2n) is 7.60. The van der Waals surface area contributed by atoms with Crippen molar-refractivity contribution in [1.82, 2.24) is 15.1 Å². The lowest BCUT2D eigenvalue weighted by Gasteiger charge is -2.18. The fraction of sp³-hybridized carbons (Fsp3) is 0.304. The van der Waals surface area contributed by atoms with Crippen molar-refractivity contribution in [1.29, 1.82) is 0 Å². The zero-order chi connectivity index (χ0) is 21.8. The van der Waals surface area contributed by atoms with Gasteiger partial charge in [0.25, 0.3) is 0 Å². The molecule has 2 amide bonds. The molecule has 0 saturated carbocycles. The monoisotopic (exact) mass is 425 g/mol. The van der Waals surface area contributed by atoms with Gasteiger partial charge in [0.15, 0.2) is 11.6 Å². The Kier molecular flexibility index (Phi) is 6.27. The van der Waals surface area contributed by atoms with E-state index in [1.54, 1.807) is 4.68 Å². The summed E-state index contributed by atoms with van der Waals surface area (Å²) in [4.78, 5) is 12.5.